The lowest BCUT2D eigenvalue weighted by atomic mass is 10.3. The van der Waals surface area contributed by atoms with Gasteiger partial charge in [-0.25, -0.2) is 9.97 Å². The summed E-state index contributed by atoms with van der Waals surface area (Å²) in [4.78, 5) is 26.5. The van der Waals surface area contributed by atoms with Gasteiger partial charge in [-0.2, -0.15) is 0 Å². The van der Waals surface area contributed by atoms with Crippen molar-refractivity contribution in [1.29, 1.82) is 0 Å². The van der Waals surface area contributed by atoms with E-state index in [-0.39, 0.29) is 5.91 Å². The third kappa shape index (κ3) is 3.56. The molecule has 3 aromatic heterocycles. The van der Waals surface area contributed by atoms with Gasteiger partial charge < -0.3 is 9.80 Å². The van der Waals surface area contributed by atoms with Crippen LogP contribution in [0.3, 0.4) is 0 Å². The Kier molecular flexibility index (Phi) is 4.65. The molecule has 1 fully saturated rings. The molecule has 0 unspecified atom stereocenters. The summed E-state index contributed by atoms with van der Waals surface area (Å²) < 4.78 is 2.88. The molecule has 9 heteroatoms. The Morgan fingerprint density at radius 2 is 1.76 bits per heavy atom. The molecule has 4 heterocycles. The average Bonchev–Trinajstić information content (AvgIpc) is 3.38. The van der Waals surface area contributed by atoms with Gasteiger partial charge >= 0.3 is 0 Å². The lowest BCUT2D eigenvalue weighted by Gasteiger charge is -2.21. The van der Waals surface area contributed by atoms with E-state index >= 15 is 0 Å². The number of hydrogen-bond donors (Lipinski definition) is 0. The van der Waals surface area contributed by atoms with Crippen molar-refractivity contribution in [1.82, 2.24) is 29.6 Å². The number of fused-ring (bicyclic) bond motifs is 1. The Morgan fingerprint density at radius 3 is 2.62 bits per heavy atom. The van der Waals surface area contributed by atoms with Crippen LogP contribution in [0, 0.1) is 0 Å². The molecule has 1 aliphatic rings. The number of hydrogen-bond acceptors (Lipinski definition) is 7. The number of rotatable bonds is 3. The number of pyridine rings is 1. The minimum absolute atomic E-state index is 0.0499. The van der Waals surface area contributed by atoms with Crippen LogP contribution in [0.25, 0.3) is 16.0 Å². The number of nitrogens with zero attached hydrogens (tertiary/aromatic N) is 7. The summed E-state index contributed by atoms with van der Waals surface area (Å²) >= 11 is 1.70. The standard InChI is InChI=1S/C20H19N7OS/c28-19(16-6-3-8-18(23-16)27-13-21-22-14-27)25-9-4-10-26(12-11-25)20-24-15-5-1-2-7-17(15)29-20/h1-3,5-8,13-14H,4,9-12H2. The van der Waals surface area contributed by atoms with Gasteiger partial charge in [-0.1, -0.05) is 29.5 Å². The molecule has 0 N–H and O–H groups in total. The van der Waals surface area contributed by atoms with E-state index in [0.29, 0.717) is 24.6 Å². The van der Waals surface area contributed by atoms with Crippen LogP contribution in [0.15, 0.2) is 55.1 Å². The molecule has 146 valence electrons. The highest BCUT2D eigenvalue weighted by atomic mass is 32.1. The van der Waals surface area contributed by atoms with Gasteiger partial charge in [0.15, 0.2) is 5.13 Å². The predicted octanol–water partition coefficient (Wildman–Crippen LogP) is 2.62. The maximum Gasteiger partial charge on any atom is 0.272 e. The number of carbonyl (C=O) groups is 1. The van der Waals surface area contributed by atoms with Crippen LogP contribution >= 0.6 is 11.3 Å². The molecule has 1 aromatic carbocycles. The molecule has 1 aliphatic heterocycles. The molecule has 0 aliphatic carbocycles. The monoisotopic (exact) mass is 405 g/mol. The van der Waals surface area contributed by atoms with Crippen molar-refractivity contribution in [3.63, 3.8) is 0 Å². The maximum absolute atomic E-state index is 13.0. The van der Waals surface area contributed by atoms with E-state index in [4.69, 9.17) is 4.98 Å². The topological polar surface area (TPSA) is 80.0 Å². The van der Waals surface area contributed by atoms with Gasteiger partial charge in [-0.05, 0) is 30.7 Å². The smallest absolute Gasteiger partial charge is 0.272 e. The molecule has 0 atom stereocenters. The van der Waals surface area contributed by atoms with Crippen LogP contribution in [-0.2, 0) is 0 Å². The Labute approximate surface area is 171 Å². The van der Waals surface area contributed by atoms with E-state index in [2.05, 4.69) is 26.1 Å². The highest BCUT2D eigenvalue weighted by Crippen LogP contribution is 2.29. The second kappa shape index (κ2) is 7.59. The second-order valence-electron chi connectivity index (χ2n) is 6.85. The fraction of sp³-hybridized carbons (Fsp3) is 0.250. The van der Waals surface area contributed by atoms with Crippen molar-refractivity contribution >= 4 is 32.6 Å². The third-order valence-corrected chi connectivity index (χ3v) is 6.07. The summed E-state index contributed by atoms with van der Waals surface area (Å²) in [6.45, 7) is 3.00. The first-order chi connectivity index (χ1) is 14.3. The minimum atomic E-state index is -0.0499. The Morgan fingerprint density at radius 1 is 0.897 bits per heavy atom. The first-order valence-corrected chi connectivity index (χ1v) is 10.3. The molecule has 29 heavy (non-hydrogen) atoms. The molecule has 1 amide bonds. The Bertz CT molecular complexity index is 1110. The lowest BCUT2D eigenvalue weighted by molar-refractivity contribution is 0.0761. The zero-order chi connectivity index (χ0) is 19.6. The van der Waals surface area contributed by atoms with Crippen LogP contribution in [0.4, 0.5) is 5.13 Å². The van der Waals surface area contributed by atoms with Crippen molar-refractivity contribution in [3.05, 3.63) is 60.8 Å². The van der Waals surface area contributed by atoms with Gasteiger partial charge in [0.25, 0.3) is 5.91 Å². The van der Waals surface area contributed by atoms with Crippen molar-refractivity contribution in [2.75, 3.05) is 31.1 Å². The predicted molar refractivity (Wildman–Crippen MR) is 112 cm³/mol. The zero-order valence-corrected chi connectivity index (χ0v) is 16.5. The molecule has 0 radical (unpaired) electrons. The quantitative estimate of drug-likeness (QED) is 0.521. The van der Waals surface area contributed by atoms with Crippen LogP contribution in [0.1, 0.15) is 16.9 Å². The fourth-order valence-electron chi connectivity index (χ4n) is 3.47. The Balaban J connectivity index is 1.31. The number of benzene rings is 1. The van der Waals surface area contributed by atoms with Gasteiger partial charge in [0.1, 0.15) is 24.2 Å². The molecular weight excluding hydrogens is 386 g/mol. The van der Waals surface area contributed by atoms with Crippen LogP contribution in [0.2, 0.25) is 0 Å². The lowest BCUT2D eigenvalue weighted by Crippen LogP contribution is -2.35. The zero-order valence-electron chi connectivity index (χ0n) is 15.7. The SMILES string of the molecule is O=C(c1cccc(-n2cnnc2)n1)N1CCCN(c2nc3ccccc3s2)CC1. The molecule has 1 saturated heterocycles. The maximum atomic E-state index is 13.0. The van der Waals surface area contributed by atoms with Gasteiger partial charge in [0.2, 0.25) is 0 Å². The fourth-order valence-corrected chi connectivity index (χ4v) is 4.49. The van der Waals surface area contributed by atoms with Crippen LogP contribution in [0.5, 0.6) is 0 Å². The Hall–Kier alpha value is -3.33. The highest BCUT2D eigenvalue weighted by molar-refractivity contribution is 7.22. The van der Waals surface area contributed by atoms with E-state index in [9.17, 15) is 4.79 Å². The number of anilines is 1. The number of carbonyl (C=O) groups excluding carboxylic acids is 1. The summed E-state index contributed by atoms with van der Waals surface area (Å²) in [5, 5.41) is 8.61. The normalized spacial score (nSPS) is 14.9. The number of para-hydroxylation sites is 1. The average molecular weight is 405 g/mol. The number of amides is 1. The van der Waals surface area contributed by atoms with E-state index in [0.717, 1.165) is 30.2 Å². The molecule has 4 aromatic rings. The van der Waals surface area contributed by atoms with Gasteiger partial charge in [0.05, 0.1) is 10.2 Å². The van der Waals surface area contributed by atoms with Crippen molar-refractivity contribution in [2.45, 2.75) is 6.42 Å². The first kappa shape index (κ1) is 17.7. The molecule has 5 rings (SSSR count). The molecule has 0 bridgehead atoms. The van der Waals surface area contributed by atoms with Gasteiger partial charge in [-0.3, -0.25) is 9.36 Å². The number of thiazole rings is 1. The second-order valence-corrected chi connectivity index (χ2v) is 7.86. The van der Waals surface area contributed by atoms with Crippen molar-refractivity contribution in [2.24, 2.45) is 0 Å². The van der Waals surface area contributed by atoms with E-state index in [1.54, 1.807) is 34.6 Å². The highest BCUT2D eigenvalue weighted by Gasteiger charge is 2.23. The van der Waals surface area contributed by atoms with Crippen LogP contribution < -0.4 is 4.90 Å². The molecule has 0 saturated carbocycles. The van der Waals surface area contributed by atoms with E-state index in [1.165, 1.54) is 4.70 Å². The molecular formula is C20H19N7OS. The summed E-state index contributed by atoms with van der Waals surface area (Å²) in [7, 11) is 0. The number of aromatic nitrogens is 5. The van der Waals surface area contributed by atoms with E-state index in [1.807, 2.05) is 35.2 Å². The minimum Gasteiger partial charge on any atom is -0.346 e. The summed E-state index contributed by atoms with van der Waals surface area (Å²) in [5.74, 6) is 0.581. The largest absolute Gasteiger partial charge is 0.346 e. The van der Waals surface area contributed by atoms with Gasteiger partial charge in [-0.15, -0.1) is 10.2 Å². The summed E-state index contributed by atoms with van der Waals surface area (Å²) in [6, 6.07) is 13.6. The summed E-state index contributed by atoms with van der Waals surface area (Å²) in [5.41, 5.74) is 1.46. The van der Waals surface area contributed by atoms with Crippen molar-refractivity contribution < 1.29 is 4.79 Å². The van der Waals surface area contributed by atoms with Gasteiger partial charge in [0, 0.05) is 26.2 Å². The molecule has 8 nitrogen and oxygen atoms in total. The van der Waals surface area contributed by atoms with E-state index < -0.39 is 0 Å². The molecule has 0 spiro atoms. The van der Waals surface area contributed by atoms with Crippen LogP contribution in [-0.4, -0.2) is 61.7 Å². The summed E-state index contributed by atoms with van der Waals surface area (Å²) in [6.07, 6.45) is 4.03. The third-order valence-electron chi connectivity index (χ3n) is 4.97. The van der Waals surface area contributed by atoms with Crippen molar-refractivity contribution in [3.8, 4) is 5.82 Å². The first-order valence-electron chi connectivity index (χ1n) is 9.50.